The van der Waals surface area contributed by atoms with E-state index in [1.807, 2.05) is 38.1 Å². The predicted octanol–water partition coefficient (Wildman–Crippen LogP) is 6.13. The van der Waals surface area contributed by atoms with Crippen molar-refractivity contribution in [2.24, 2.45) is 0 Å². The Hall–Kier alpha value is -5.23. The molecule has 1 aromatic heterocycles. The highest BCUT2D eigenvalue weighted by molar-refractivity contribution is 6.32. The Labute approximate surface area is 344 Å². The number of rotatable bonds is 20. The molecule has 5 rings (SSSR count). The molecule has 0 radical (unpaired) electrons. The van der Waals surface area contributed by atoms with E-state index in [0.29, 0.717) is 60.9 Å². The van der Waals surface area contributed by atoms with Crippen LogP contribution in [0.2, 0.25) is 5.02 Å². The van der Waals surface area contributed by atoms with Gasteiger partial charge in [-0.05, 0) is 86.6 Å². The van der Waals surface area contributed by atoms with Crippen LogP contribution >= 0.6 is 11.6 Å². The number of pyridine rings is 1. The van der Waals surface area contributed by atoms with Crippen molar-refractivity contribution in [3.63, 3.8) is 0 Å². The van der Waals surface area contributed by atoms with Crippen molar-refractivity contribution in [3.8, 4) is 34.4 Å². The second-order valence-corrected chi connectivity index (χ2v) is 15.2. The van der Waals surface area contributed by atoms with Crippen LogP contribution in [-0.4, -0.2) is 87.7 Å². The zero-order valence-corrected chi connectivity index (χ0v) is 34.1. The zero-order valence-electron chi connectivity index (χ0n) is 33.3. The molecular formula is C44H51ClN4O9. The summed E-state index contributed by atoms with van der Waals surface area (Å²) in [6.07, 6.45) is 4.34. The fourth-order valence-electron chi connectivity index (χ4n) is 6.81. The van der Waals surface area contributed by atoms with E-state index in [1.54, 1.807) is 31.3 Å². The Morgan fingerprint density at radius 3 is 2.47 bits per heavy atom. The number of aliphatic carboxylic acids is 1. The van der Waals surface area contributed by atoms with Gasteiger partial charge in [0.2, 0.25) is 0 Å². The first-order valence-electron chi connectivity index (χ1n) is 19.2. The molecular weight excluding hydrogens is 764 g/mol. The summed E-state index contributed by atoms with van der Waals surface area (Å²) < 4.78 is 23.7. The third kappa shape index (κ3) is 11.2. The number of β-amino-alcohol motifs (C(OH)–C–C–N with tert-alkyl or cyclic N) is 1. The molecule has 58 heavy (non-hydrogen) atoms. The van der Waals surface area contributed by atoms with E-state index in [0.717, 1.165) is 46.5 Å². The molecule has 0 amide bonds. The normalized spacial score (nSPS) is 16.3. The van der Waals surface area contributed by atoms with Crippen molar-refractivity contribution in [1.82, 2.24) is 15.2 Å². The minimum absolute atomic E-state index is 0.00481. The lowest BCUT2D eigenvalue weighted by Crippen LogP contribution is -2.52. The Kier molecular flexibility index (Phi) is 15.1. The van der Waals surface area contributed by atoms with E-state index in [2.05, 4.69) is 33.4 Å². The van der Waals surface area contributed by atoms with Gasteiger partial charge in [0.25, 0.3) is 0 Å². The number of aromatic nitrogens is 1. The molecule has 0 spiro atoms. The average molecular weight is 815 g/mol. The van der Waals surface area contributed by atoms with Crippen LogP contribution in [0.3, 0.4) is 0 Å². The maximum atomic E-state index is 11.9. The number of hydrogen-bond donors (Lipinski definition) is 4. The van der Waals surface area contributed by atoms with Gasteiger partial charge in [-0.15, -0.1) is 0 Å². The van der Waals surface area contributed by atoms with Crippen molar-refractivity contribution >= 4 is 23.5 Å². The minimum Gasteiger partial charge on any atom is -0.493 e. The first-order valence-corrected chi connectivity index (χ1v) is 19.6. The van der Waals surface area contributed by atoms with Gasteiger partial charge in [-0.2, -0.15) is 5.26 Å². The number of nitrogens with one attached hydrogen (secondary N) is 1. The quantitative estimate of drug-likeness (QED) is 0.0591. The van der Waals surface area contributed by atoms with Gasteiger partial charge in [0.15, 0.2) is 0 Å². The summed E-state index contributed by atoms with van der Waals surface area (Å²) in [5.41, 5.74) is 3.91. The van der Waals surface area contributed by atoms with Crippen LogP contribution in [0, 0.1) is 25.2 Å². The highest BCUT2D eigenvalue weighted by Crippen LogP contribution is 2.37. The predicted molar refractivity (Wildman–Crippen MR) is 218 cm³/mol. The van der Waals surface area contributed by atoms with Gasteiger partial charge < -0.3 is 39.2 Å². The molecule has 0 aliphatic carbocycles. The summed E-state index contributed by atoms with van der Waals surface area (Å²) in [6, 6.07) is 19.0. The molecule has 0 saturated carbocycles. The second kappa shape index (κ2) is 20.0. The highest BCUT2D eigenvalue weighted by atomic mass is 35.5. The van der Waals surface area contributed by atoms with E-state index in [4.69, 9.17) is 30.5 Å². The fraction of sp³-hybridized carbons (Fsp3) is 0.409. The topological polar surface area (TPSA) is 184 Å². The molecule has 13 nitrogen and oxygen atoms in total. The Morgan fingerprint density at radius 1 is 1.00 bits per heavy atom. The number of esters is 1. The van der Waals surface area contributed by atoms with Gasteiger partial charge in [-0.1, -0.05) is 41.9 Å². The Morgan fingerprint density at radius 2 is 1.74 bits per heavy atom. The summed E-state index contributed by atoms with van der Waals surface area (Å²) in [4.78, 5) is 30.0. The number of hydrogen-bond acceptors (Lipinski definition) is 12. The number of carboxylic acid groups (broad SMARTS) is 1. The third-order valence-electron chi connectivity index (χ3n) is 10.4. The SMILES string of the molecule is CCOC(=O)CC1(O)CCN(CCCOc2cccc(-c3cccc(COc4cc(OCc5cncc(C#N)c5)c(CNC(C)(CO)C(=O)O)cc4Cl)c3C)c2C)C1. The number of aliphatic hydroxyl groups is 2. The van der Waals surface area contributed by atoms with Gasteiger partial charge in [-0.25, -0.2) is 0 Å². The van der Waals surface area contributed by atoms with Gasteiger partial charge in [0.05, 0.1) is 42.4 Å². The van der Waals surface area contributed by atoms with E-state index < -0.39 is 23.7 Å². The molecule has 3 aromatic carbocycles. The highest BCUT2D eigenvalue weighted by Gasteiger charge is 2.38. The van der Waals surface area contributed by atoms with Gasteiger partial charge >= 0.3 is 11.9 Å². The summed E-state index contributed by atoms with van der Waals surface area (Å²) in [5, 5.41) is 42.7. The van der Waals surface area contributed by atoms with Crippen molar-refractivity contribution in [3.05, 3.63) is 105 Å². The van der Waals surface area contributed by atoms with Crippen LogP contribution in [0.1, 0.15) is 66.5 Å². The van der Waals surface area contributed by atoms with Crippen molar-refractivity contribution in [2.45, 2.75) is 77.9 Å². The number of benzene rings is 3. The molecule has 4 aromatic rings. The van der Waals surface area contributed by atoms with Gasteiger partial charge in [0, 0.05) is 55.8 Å². The fourth-order valence-corrected chi connectivity index (χ4v) is 7.05. The molecule has 2 heterocycles. The van der Waals surface area contributed by atoms with Crippen LogP contribution in [0.5, 0.6) is 17.2 Å². The van der Waals surface area contributed by atoms with E-state index in [-0.39, 0.29) is 37.2 Å². The molecule has 1 aliphatic heterocycles. The monoisotopic (exact) mass is 814 g/mol. The lowest BCUT2D eigenvalue weighted by Gasteiger charge is -2.25. The molecule has 0 bridgehead atoms. The molecule has 2 unspecified atom stereocenters. The number of carbonyl (C=O) groups is 2. The maximum Gasteiger partial charge on any atom is 0.326 e. The largest absolute Gasteiger partial charge is 0.493 e. The van der Waals surface area contributed by atoms with Crippen LogP contribution in [0.4, 0.5) is 0 Å². The second-order valence-electron chi connectivity index (χ2n) is 14.8. The first kappa shape index (κ1) is 43.9. The number of nitriles is 1. The van der Waals surface area contributed by atoms with Crippen LogP contribution < -0.4 is 19.5 Å². The number of halogens is 1. The number of ether oxygens (including phenoxy) is 4. The summed E-state index contributed by atoms with van der Waals surface area (Å²) in [7, 11) is 0. The van der Waals surface area contributed by atoms with E-state index >= 15 is 0 Å². The molecule has 308 valence electrons. The molecule has 1 saturated heterocycles. The lowest BCUT2D eigenvalue weighted by atomic mass is 9.93. The summed E-state index contributed by atoms with van der Waals surface area (Å²) in [5.74, 6) is -0.0865. The van der Waals surface area contributed by atoms with Crippen molar-refractivity contribution in [2.75, 3.05) is 39.5 Å². The first-order chi connectivity index (χ1) is 27.8. The van der Waals surface area contributed by atoms with Gasteiger partial charge in [0.1, 0.15) is 42.1 Å². The average Bonchev–Trinajstić information content (AvgIpc) is 3.58. The summed E-state index contributed by atoms with van der Waals surface area (Å²) >= 11 is 6.74. The molecule has 14 heteroatoms. The maximum absolute atomic E-state index is 11.9. The molecule has 4 N–H and O–H groups in total. The standard InChI is InChI=1S/C44H51ClN4O9/c1-5-55-41(51)20-44(54)13-15-49(27-44)14-8-16-56-38-12-7-11-36(30(38)3)35-10-6-9-33(29(35)2)26-58-40-19-39(57-25-32-17-31(21-46)22-47-23-32)34(18-37(40)45)24-48-43(4,28-50)42(52)53/h6-7,9-12,17-19,22-23,48,50,54H,5,8,13-16,20,24-28H2,1-4H3,(H,52,53). The van der Waals surface area contributed by atoms with Crippen molar-refractivity contribution in [1.29, 1.82) is 5.26 Å². The summed E-state index contributed by atoms with van der Waals surface area (Å²) in [6.45, 7) is 9.52. The molecule has 1 fully saturated rings. The van der Waals surface area contributed by atoms with Crippen LogP contribution in [0.25, 0.3) is 11.1 Å². The number of likely N-dealkylation sites (tertiary alicyclic amines) is 1. The van der Waals surface area contributed by atoms with Crippen molar-refractivity contribution < 1.29 is 43.9 Å². The minimum atomic E-state index is -1.60. The zero-order chi connectivity index (χ0) is 41.9. The Balaban J connectivity index is 1.26. The van der Waals surface area contributed by atoms with Crippen LogP contribution in [-0.2, 0) is 34.1 Å². The molecule has 1 aliphatic rings. The van der Waals surface area contributed by atoms with Crippen LogP contribution in [0.15, 0.2) is 67.0 Å². The van der Waals surface area contributed by atoms with E-state index in [9.17, 15) is 30.2 Å². The number of aliphatic hydroxyl groups excluding tert-OH is 1. The van der Waals surface area contributed by atoms with Gasteiger partial charge in [-0.3, -0.25) is 19.9 Å². The third-order valence-corrected chi connectivity index (χ3v) is 10.7. The number of carbonyl (C=O) groups excluding carboxylic acids is 1. The smallest absolute Gasteiger partial charge is 0.326 e. The number of carboxylic acids is 1. The van der Waals surface area contributed by atoms with E-state index in [1.165, 1.54) is 13.1 Å². The Bertz CT molecular complexity index is 2130. The molecule has 2 atom stereocenters. The lowest BCUT2D eigenvalue weighted by molar-refractivity contribution is -0.148. The number of nitrogens with zero attached hydrogens (tertiary/aromatic N) is 3.